The van der Waals surface area contributed by atoms with Gasteiger partial charge in [-0.2, -0.15) is 0 Å². The summed E-state index contributed by atoms with van der Waals surface area (Å²) in [4.78, 5) is 40.3. The highest BCUT2D eigenvalue weighted by molar-refractivity contribution is 5.95. The molecule has 4 rings (SSSR count). The van der Waals surface area contributed by atoms with Crippen molar-refractivity contribution in [3.05, 3.63) is 54.1 Å². The Morgan fingerprint density at radius 3 is 2.08 bits per heavy atom. The van der Waals surface area contributed by atoms with Crippen LogP contribution in [-0.4, -0.2) is 72.4 Å². The molecule has 0 unspecified atom stereocenters. The average Bonchev–Trinajstić information content (AvgIpc) is 2.85. The zero-order valence-electron chi connectivity index (χ0n) is 20.1. The van der Waals surface area contributed by atoms with Gasteiger partial charge in [0.15, 0.2) is 0 Å². The number of hydrogen-bond acceptors (Lipinski definition) is 5. The number of amides is 4. The number of nitrogens with one attached hydrogen (secondary N) is 2. The third-order valence-corrected chi connectivity index (χ3v) is 6.29. The van der Waals surface area contributed by atoms with E-state index in [0.29, 0.717) is 62.6 Å². The van der Waals surface area contributed by atoms with Crippen LogP contribution in [0, 0.1) is 0 Å². The van der Waals surface area contributed by atoms with Crippen molar-refractivity contribution in [1.29, 1.82) is 0 Å². The van der Waals surface area contributed by atoms with Crippen LogP contribution in [0.25, 0.3) is 0 Å². The first-order valence-corrected chi connectivity index (χ1v) is 11.7. The first-order chi connectivity index (χ1) is 17.5. The van der Waals surface area contributed by atoms with Gasteiger partial charge in [-0.3, -0.25) is 9.59 Å². The molecule has 9 nitrogen and oxygen atoms in total. The topological polar surface area (TPSA) is 100 Å². The molecule has 2 heterocycles. The molecule has 4 amide bonds. The fourth-order valence-electron chi connectivity index (χ4n) is 4.46. The molecule has 2 aromatic rings. The van der Waals surface area contributed by atoms with Gasteiger partial charge >= 0.3 is 12.4 Å². The summed E-state index contributed by atoms with van der Waals surface area (Å²) in [5, 5.41) is 5.36. The summed E-state index contributed by atoms with van der Waals surface area (Å²) < 4.78 is 46.9. The summed E-state index contributed by atoms with van der Waals surface area (Å²) >= 11 is 0. The summed E-state index contributed by atoms with van der Waals surface area (Å²) in [5.74, 6) is -0.683. The first-order valence-electron chi connectivity index (χ1n) is 11.7. The van der Waals surface area contributed by atoms with Crippen molar-refractivity contribution in [2.24, 2.45) is 0 Å². The predicted molar refractivity (Wildman–Crippen MR) is 128 cm³/mol. The van der Waals surface area contributed by atoms with E-state index < -0.39 is 12.0 Å². The normalized spacial score (nSPS) is 17.3. The smallest absolute Gasteiger partial charge is 0.406 e. The number of ether oxygens (including phenoxy) is 2. The highest BCUT2D eigenvalue weighted by atomic mass is 19.4. The van der Waals surface area contributed by atoms with Crippen molar-refractivity contribution in [3.8, 4) is 5.75 Å². The Kier molecular flexibility index (Phi) is 7.58. The lowest BCUT2D eigenvalue weighted by Gasteiger charge is -2.47. The van der Waals surface area contributed by atoms with Gasteiger partial charge in [-0.15, -0.1) is 13.2 Å². The second-order valence-electron chi connectivity index (χ2n) is 9.01. The van der Waals surface area contributed by atoms with Crippen molar-refractivity contribution in [1.82, 2.24) is 9.80 Å². The number of halogens is 3. The van der Waals surface area contributed by atoms with Crippen molar-refractivity contribution in [2.75, 3.05) is 43.4 Å². The molecular formula is C25H27F3N4O5. The van der Waals surface area contributed by atoms with Gasteiger partial charge in [0.2, 0.25) is 5.91 Å². The van der Waals surface area contributed by atoms with Crippen LogP contribution in [0.15, 0.2) is 48.5 Å². The zero-order chi connectivity index (χ0) is 26.6. The monoisotopic (exact) mass is 520 g/mol. The average molecular weight is 521 g/mol. The Bertz CT molecular complexity index is 1130. The van der Waals surface area contributed by atoms with Crippen LogP contribution in [0.5, 0.6) is 5.75 Å². The van der Waals surface area contributed by atoms with Crippen molar-refractivity contribution < 1.29 is 37.0 Å². The Morgan fingerprint density at radius 2 is 1.49 bits per heavy atom. The standard InChI is InChI=1S/C25H27F3N4O5/c1-17(33)29-19-4-2-18(3-5-19)22(34)31-12-10-24(11-13-31)16-32(14-15-36-24)23(35)30-20-6-8-21(9-7-20)37-25(26,27)28/h2-9H,10-16H2,1H3,(H,29,33)(H,30,35). The van der Waals surface area contributed by atoms with Crippen molar-refractivity contribution in [2.45, 2.75) is 31.7 Å². The zero-order valence-corrected chi connectivity index (χ0v) is 20.1. The number of anilines is 2. The van der Waals surface area contributed by atoms with Gasteiger partial charge in [0.25, 0.3) is 5.91 Å². The number of benzene rings is 2. The van der Waals surface area contributed by atoms with Gasteiger partial charge < -0.3 is 29.9 Å². The number of alkyl halides is 3. The quantitative estimate of drug-likeness (QED) is 0.633. The Labute approximate surface area is 211 Å². The number of piperidine rings is 1. The molecule has 198 valence electrons. The van der Waals surface area contributed by atoms with Crippen LogP contribution >= 0.6 is 0 Å². The van der Waals surface area contributed by atoms with Gasteiger partial charge in [-0.1, -0.05) is 0 Å². The van der Waals surface area contributed by atoms with E-state index in [2.05, 4.69) is 15.4 Å². The Balaban J connectivity index is 1.30. The van der Waals surface area contributed by atoms with Crippen molar-refractivity contribution >= 4 is 29.2 Å². The van der Waals surface area contributed by atoms with Crippen LogP contribution < -0.4 is 15.4 Å². The minimum Gasteiger partial charge on any atom is -0.406 e. The highest BCUT2D eigenvalue weighted by Gasteiger charge is 2.42. The molecule has 2 fully saturated rings. The van der Waals surface area contributed by atoms with Gasteiger partial charge in [0.05, 0.1) is 18.8 Å². The third kappa shape index (κ3) is 6.91. The SMILES string of the molecule is CC(=O)Nc1ccc(C(=O)N2CCC3(CC2)CN(C(=O)Nc2ccc(OC(F)(F)F)cc2)CCO3)cc1. The van der Waals surface area contributed by atoms with Crippen LogP contribution in [0.1, 0.15) is 30.1 Å². The van der Waals surface area contributed by atoms with Crippen LogP contribution in [0.2, 0.25) is 0 Å². The number of carbonyl (C=O) groups is 3. The molecule has 2 aromatic carbocycles. The Hall–Kier alpha value is -3.80. The number of likely N-dealkylation sites (tertiary alicyclic amines) is 1. The van der Waals surface area contributed by atoms with E-state index in [1.54, 1.807) is 34.1 Å². The molecule has 12 heteroatoms. The molecule has 1 spiro atoms. The molecule has 0 radical (unpaired) electrons. The van der Waals surface area contributed by atoms with Crippen LogP contribution in [0.4, 0.5) is 29.3 Å². The molecule has 0 bridgehead atoms. The number of rotatable bonds is 4. The fraction of sp³-hybridized carbons (Fsp3) is 0.400. The van der Waals surface area contributed by atoms with E-state index in [4.69, 9.17) is 4.74 Å². The molecule has 37 heavy (non-hydrogen) atoms. The fourth-order valence-corrected chi connectivity index (χ4v) is 4.46. The lowest BCUT2D eigenvalue weighted by atomic mass is 9.89. The lowest BCUT2D eigenvalue weighted by Crippen LogP contribution is -2.59. The highest BCUT2D eigenvalue weighted by Crippen LogP contribution is 2.31. The molecule has 2 aliphatic heterocycles. The van der Waals surface area contributed by atoms with E-state index in [9.17, 15) is 27.6 Å². The maximum atomic E-state index is 12.9. The molecule has 0 aromatic heterocycles. The molecule has 2 N–H and O–H groups in total. The maximum Gasteiger partial charge on any atom is 0.573 e. The summed E-state index contributed by atoms with van der Waals surface area (Å²) in [6, 6.07) is 11.2. The van der Waals surface area contributed by atoms with Crippen LogP contribution in [-0.2, 0) is 9.53 Å². The molecule has 0 saturated carbocycles. The minimum absolute atomic E-state index is 0.118. The van der Waals surface area contributed by atoms with E-state index in [1.807, 2.05) is 0 Å². The Morgan fingerprint density at radius 1 is 0.892 bits per heavy atom. The molecule has 2 saturated heterocycles. The lowest BCUT2D eigenvalue weighted by molar-refractivity contribution is -0.274. The number of hydrogen-bond donors (Lipinski definition) is 2. The van der Waals surface area contributed by atoms with Gasteiger partial charge in [0.1, 0.15) is 5.75 Å². The van der Waals surface area contributed by atoms with E-state index in [1.165, 1.54) is 19.1 Å². The third-order valence-electron chi connectivity index (χ3n) is 6.29. The molecule has 0 aliphatic carbocycles. The van der Waals surface area contributed by atoms with E-state index >= 15 is 0 Å². The van der Waals surface area contributed by atoms with Crippen LogP contribution in [0.3, 0.4) is 0 Å². The maximum absolute atomic E-state index is 12.9. The summed E-state index contributed by atoms with van der Waals surface area (Å²) in [6.45, 7) is 3.37. The van der Waals surface area contributed by atoms with Crippen molar-refractivity contribution in [3.63, 3.8) is 0 Å². The van der Waals surface area contributed by atoms with E-state index in [0.717, 1.165) is 12.1 Å². The summed E-state index contributed by atoms with van der Waals surface area (Å²) in [6.07, 6.45) is -3.68. The molecule has 2 aliphatic rings. The summed E-state index contributed by atoms with van der Waals surface area (Å²) in [7, 11) is 0. The van der Waals surface area contributed by atoms with Gasteiger partial charge in [-0.05, 0) is 61.4 Å². The molecule has 0 atom stereocenters. The van der Waals surface area contributed by atoms with E-state index in [-0.39, 0.29) is 23.6 Å². The number of nitrogens with zero attached hydrogens (tertiary/aromatic N) is 2. The second kappa shape index (κ2) is 10.7. The largest absolute Gasteiger partial charge is 0.573 e. The number of urea groups is 1. The number of morpholine rings is 1. The van der Waals surface area contributed by atoms with Gasteiger partial charge in [0, 0.05) is 43.5 Å². The second-order valence-corrected chi connectivity index (χ2v) is 9.01. The summed E-state index contributed by atoms with van der Waals surface area (Å²) in [5.41, 5.74) is 0.889. The first kappa shape index (κ1) is 26.3. The molecular weight excluding hydrogens is 493 g/mol. The minimum atomic E-state index is -4.79. The number of carbonyl (C=O) groups excluding carboxylic acids is 3. The predicted octanol–water partition coefficient (Wildman–Crippen LogP) is 4.08. The van der Waals surface area contributed by atoms with Gasteiger partial charge in [-0.25, -0.2) is 4.79 Å².